The maximum atomic E-state index is 11.6. The molecule has 2 rings (SSSR count). The number of aromatic amines is 1. The Morgan fingerprint density at radius 2 is 2.14 bits per heavy atom. The summed E-state index contributed by atoms with van der Waals surface area (Å²) in [5.41, 5.74) is -1.33. The molecule has 1 aromatic rings. The highest BCUT2D eigenvalue weighted by atomic mass is 31.2. The number of aromatic nitrogens is 2. The first-order valence-electron chi connectivity index (χ1n) is 5.61. The molecule has 1 aliphatic heterocycles. The highest BCUT2D eigenvalue weighted by Crippen LogP contribution is 2.37. The van der Waals surface area contributed by atoms with Crippen molar-refractivity contribution in [1.29, 1.82) is 0 Å². The minimum Gasteiger partial charge on any atom is -0.388 e. The lowest BCUT2D eigenvalue weighted by Crippen LogP contribution is -2.34. The zero-order valence-electron chi connectivity index (χ0n) is 10.8. The van der Waals surface area contributed by atoms with E-state index in [1.54, 1.807) is 0 Å². The Hall–Kier alpha value is -1.33. The molecule has 0 unspecified atom stereocenters. The van der Waals surface area contributed by atoms with E-state index >= 15 is 0 Å². The molecule has 0 aliphatic carbocycles. The van der Waals surface area contributed by atoms with Gasteiger partial charge in [-0.1, -0.05) is 0 Å². The average molecular weight is 325 g/mol. The standard InChI is InChI=1S/C9H13N2O8P.H3N/c12-6-3-5(4-18-20(15,16)17)19-8(6)11-2-1-7(13)10-9(11)14;/h1-2,5-6,8,12H,3-4H2,(H,10,13,14)(H2,15,16,17);1H3/t5-,6+,8+;/m0./s1. The van der Waals surface area contributed by atoms with E-state index in [-0.39, 0.29) is 12.6 Å². The number of hydrogen-bond donors (Lipinski definition) is 5. The fraction of sp³-hybridized carbons (Fsp3) is 0.556. The molecule has 0 spiro atoms. The Labute approximate surface area is 118 Å². The third-order valence-corrected chi connectivity index (χ3v) is 3.20. The van der Waals surface area contributed by atoms with Gasteiger partial charge < -0.3 is 25.8 Å². The van der Waals surface area contributed by atoms with Gasteiger partial charge >= 0.3 is 13.5 Å². The number of hydrogen-bond acceptors (Lipinski definition) is 7. The van der Waals surface area contributed by atoms with Gasteiger partial charge in [0, 0.05) is 18.7 Å². The summed E-state index contributed by atoms with van der Waals surface area (Å²) in [5.74, 6) is 0. The summed E-state index contributed by atoms with van der Waals surface area (Å²) >= 11 is 0. The van der Waals surface area contributed by atoms with Crippen molar-refractivity contribution < 1.29 is 28.7 Å². The van der Waals surface area contributed by atoms with E-state index in [0.717, 1.165) is 10.6 Å². The molecule has 21 heavy (non-hydrogen) atoms. The number of ether oxygens (including phenoxy) is 1. The summed E-state index contributed by atoms with van der Waals surface area (Å²) in [6, 6.07) is 1.09. The monoisotopic (exact) mass is 325 g/mol. The number of phosphoric ester groups is 1. The fourth-order valence-corrected chi connectivity index (χ4v) is 2.26. The van der Waals surface area contributed by atoms with Gasteiger partial charge in [0.15, 0.2) is 6.23 Å². The molecule has 1 aliphatic rings. The molecule has 1 aromatic heterocycles. The van der Waals surface area contributed by atoms with Crippen LogP contribution < -0.4 is 17.4 Å². The molecule has 7 N–H and O–H groups in total. The molecule has 0 bridgehead atoms. The van der Waals surface area contributed by atoms with E-state index in [9.17, 15) is 19.3 Å². The summed E-state index contributed by atoms with van der Waals surface area (Å²) in [7, 11) is -4.62. The molecule has 120 valence electrons. The molecular formula is C9H16N3O8P. The molecular weight excluding hydrogens is 309 g/mol. The second-order valence-electron chi connectivity index (χ2n) is 4.26. The molecule has 0 saturated carbocycles. The van der Waals surface area contributed by atoms with Crippen LogP contribution in [0.1, 0.15) is 12.6 Å². The number of nitrogens with one attached hydrogen (secondary N) is 1. The number of aliphatic hydroxyl groups excluding tert-OH is 1. The third kappa shape index (κ3) is 4.58. The molecule has 12 heteroatoms. The van der Waals surface area contributed by atoms with E-state index in [1.165, 1.54) is 6.20 Å². The summed E-state index contributed by atoms with van der Waals surface area (Å²) in [6.45, 7) is -0.421. The summed E-state index contributed by atoms with van der Waals surface area (Å²) in [5, 5.41) is 9.81. The predicted octanol–water partition coefficient (Wildman–Crippen LogP) is -1.54. The van der Waals surface area contributed by atoms with Crippen molar-refractivity contribution >= 4 is 7.82 Å². The van der Waals surface area contributed by atoms with E-state index in [1.807, 2.05) is 4.98 Å². The van der Waals surface area contributed by atoms with Gasteiger partial charge in [-0.15, -0.1) is 0 Å². The Kier molecular flexibility index (Phi) is 5.59. The lowest BCUT2D eigenvalue weighted by Gasteiger charge is -2.17. The Balaban J connectivity index is 0.00000220. The van der Waals surface area contributed by atoms with Crippen LogP contribution in [0.4, 0.5) is 0 Å². The van der Waals surface area contributed by atoms with Crippen molar-refractivity contribution in [3.8, 4) is 0 Å². The van der Waals surface area contributed by atoms with Crippen molar-refractivity contribution in [1.82, 2.24) is 15.7 Å². The minimum absolute atomic E-state index is 0. The van der Waals surface area contributed by atoms with E-state index in [0.29, 0.717) is 0 Å². The average Bonchev–Trinajstić information content (AvgIpc) is 2.67. The Morgan fingerprint density at radius 1 is 1.48 bits per heavy atom. The maximum absolute atomic E-state index is 11.6. The zero-order chi connectivity index (χ0) is 14.9. The SMILES string of the molecule is N.O=c1ccn([C@@H]2O[C@H](COP(=O)(O)O)C[C@H]2O)c(=O)[nH]1. The van der Waals surface area contributed by atoms with Crippen LogP contribution in [0, 0.1) is 0 Å². The van der Waals surface area contributed by atoms with Gasteiger partial charge in [0.05, 0.1) is 12.7 Å². The second kappa shape index (κ2) is 6.62. The first-order chi connectivity index (χ1) is 9.26. The zero-order valence-corrected chi connectivity index (χ0v) is 11.7. The van der Waals surface area contributed by atoms with Crippen LogP contribution in [-0.4, -0.2) is 43.3 Å². The van der Waals surface area contributed by atoms with Gasteiger partial charge in [-0.25, -0.2) is 9.36 Å². The second-order valence-corrected chi connectivity index (χ2v) is 5.49. The third-order valence-electron chi connectivity index (χ3n) is 2.72. The minimum atomic E-state index is -4.62. The summed E-state index contributed by atoms with van der Waals surface area (Å²) in [6.07, 6.45) is -1.69. The van der Waals surface area contributed by atoms with E-state index < -0.39 is 44.1 Å². The highest BCUT2D eigenvalue weighted by molar-refractivity contribution is 7.46. The largest absolute Gasteiger partial charge is 0.469 e. The topological polar surface area (TPSA) is 186 Å². The van der Waals surface area contributed by atoms with Crippen molar-refractivity contribution in [3.63, 3.8) is 0 Å². The van der Waals surface area contributed by atoms with Gasteiger partial charge in [-0.05, 0) is 0 Å². The summed E-state index contributed by atoms with van der Waals surface area (Å²) in [4.78, 5) is 41.7. The number of nitrogens with zero attached hydrogens (tertiary/aromatic N) is 1. The molecule has 2 heterocycles. The maximum Gasteiger partial charge on any atom is 0.469 e. The molecule has 0 amide bonds. The van der Waals surface area contributed by atoms with Crippen molar-refractivity contribution in [2.24, 2.45) is 0 Å². The van der Waals surface area contributed by atoms with Crippen LogP contribution in [0.2, 0.25) is 0 Å². The number of aliphatic hydroxyl groups is 1. The first kappa shape index (κ1) is 17.7. The van der Waals surface area contributed by atoms with E-state index in [4.69, 9.17) is 14.5 Å². The number of rotatable bonds is 4. The van der Waals surface area contributed by atoms with Gasteiger partial charge in [0.2, 0.25) is 0 Å². The Bertz CT molecular complexity index is 636. The number of H-pyrrole nitrogens is 1. The quantitative estimate of drug-likeness (QED) is 0.409. The molecule has 11 nitrogen and oxygen atoms in total. The Morgan fingerprint density at radius 3 is 2.71 bits per heavy atom. The van der Waals surface area contributed by atoms with E-state index in [2.05, 4.69) is 4.52 Å². The lowest BCUT2D eigenvalue weighted by molar-refractivity contribution is -0.0525. The van der Waals surface area contributed by atoms with Crippen molar-refractivity contribution in [3.05, 3.63) is 33.1 Å². The smallest absolute Gasteiger partial charge is 0.388 e. The van der Waals surface area contributed by atoms with Crippen LogP contribution in [0.15, 0.2) is 21.9 Å². The molecule has 3 atom stereocenters. The normalized spacial score (nSPS) is 25.6. The van der Waals surface area contributed by atoms with Crippen LogP contribution >= 0.6 is 7.82 Å². The first-order valence-corrected chi connectivity index (χ1v) is 7.14. The molecule has 0 radical (unpaired) electrons. The van der Waals surface area contributed by atoms with Gasteiger partial charge in [-0.2, -0.15) is 0 Å². The van der Waals surface area contributed by atoms with Crippen LogP contribution in [-0.2, 0) is 13.8 Å². The van der Waals surface area contributed by atoms with Gasteiger partial charge in [-0.3, -0.25) is 18.9 Å². The van der Waals surface area contributed by atoms with Crippen molar-refractivity contribution in [2.75, 3.05) is 6.61 Å². The van der Waals surface area contributed by atoms with Gasteiger partial charge in [0.1, 0.15) is 6.10 Å². The van der Waals surface area contributed by atoms with Crippen LogP contribution in [0.5, 0.6) is 0 Å². The van der Waals surface area contributed by atoms with Gasteiger partial charge in [0.25, 0.3) is 5.56 Å². The van der Waals surface area contributed by atoms with Crippen LogP contribution in [0.25, 0.3) is 0 Å². The predicted molar refractivity (Wildman–Crippen MR) is 68.9 cm³/mol. The fourth-order valence-electron chi connectivity index (χ4n) is 1.90. The highest BCUT2D eigenvalue weighted by Gasteiger charge is 2.36. The van der Waals surface area contributed by atoms with Crippen LogP contribution in [0.3, 0.4) is 0 Å². The van der Waals surface area contributed by atoms with Crippen molar-refractivity contribution in [2.45, 2.75) is 24.9 Å². The molecule has 1 fully saturated rings. The summed E-state index contributed by atoms with van der Waals surface area (Å²) < 4.78 is 21.1. The molecule has 1 saturated heterocycles. The lowest BCUT2D eigenvalue weighted by atomic mass is 10.2. The molecule has 0 aromatic carbocycles. The number of phosphoric acid groups is 1.